The van der Waals surface area contributed by atoms with Crippen molar-refractivity contribution >= 4 is 17.8 Å². The van der Waals surface area contributed by atoms with Gasteiger partial charge in [0, 0.05) is 26.2 Å². The average molecular weight is 578 g/mol. The zero-order valence-electron chi connectivity index (χ0n) is 24.5. The number of nitrogens with one attached hydrogen (secondary N) is 1. The van der Waals surface area contributed by atoms with Gasteiger partial charge in [0.05, 0.1) is 11.7 Å². The predicted octanol–water partition coefficient (Wildman–Crippen LogP) is 4.58. The monoisotopic (exact) mass is 577 g/mol. The number of likely N-dealkylation sites (tertiary alicyclic amines) is 1. The van der Waals surface area contributed by atoms with Crippen molar-refractivity contribution in [2.45, 2.75) is 88.9 Å². The highest BCUT2D eigenvalue weighted by Gasteiger charge is 2.55. The van der Waals surface area contributed by atoms with E-state index in [4.69, 9.17) is 9.84 Å². The number of aromatic carboxylic acids is 1. The van der Waals surface area contributed by atoms with Crippen LogP contribution in [0.4, 0.5) is 0 Å². The second-order valence-corrected chi connectivity index (χ2v) is 12.1. The molecule has 2 aromatic rings. The van der Waals surface area contributed by atoms with Crippen molar-refractivity contribution in [3.05, 3.63) is 59.7 Å². The lowest BCUT2D eigenvalue weighted by Crippen LogP contribution is -2.75. The number of benzene rings is 2. The molecular formula is C33H43N3O6. The third-order valence-electron chi connectivity index (χ3n) is 9.32. The number of piperidine rings is 1. The molecule has 1 spiro atoms. The van der Waals surface area contributed by atoms with Gasteiger partial charge in [0.2, 0.25) is 11.8 Å². The molecule has 9 heteroatoms. The number of carboxylic acid groups (broad SMARTS) is 1. The molecule has 2 saturated heterocycles. The normalized spacial score (nSPS) is 22.1. The van der Waals surface area contributed by atoms with Crippen LogP contribution < -0.4 is 10.1 Å². The van der Waals surface area contributed by atoms with Gasteiger partial charge < -0.3 is 25.2 Å². The van der Waals surface area contributed by atoms with Crippen LogP contribution in [0.25, 0.3) is 0 Å². The molecule has 1 aliphatic carbocycles. The van der Waals surface area contributed by atoms with Crippen LogP contribution in [-0.4, -0.2) is 75.1 Å². The van der Waals surface area contributed by atoms with Gasteiger partial charge in [0.15, 0.2) is 0 Å². The van der Waals surface area contributed by atoms with Crippen molar-refractivity contribution in [1.29, 1.82) is 0 Å². The van der Waals surface area contributed by atoms with Crippen LogP contribution in [0.5, 0.6) is 11.5 Å². The van der Waals surface area contributed by atoms with Gasteiger partial charge in [-0.3, -0.25) is 14.5 Å². The first-order chi connectivity index (χ1) is 20.3. The smallest absolute Gasteiger partial charge is 0.335 e. The molecule has 226 valence electrons. The van der Waals surface area contributed by atoms with Gasteiger partial charge in [0.1, 0.15) is 23.1 Å². The largest absolute Gasteiger partial charge is 0.478 e. The highest BCUT2D eigenvalue weighted by Crippen LogP contribution is 2.36. The van der Waals surface area contributed by atoms with E-state index >= 15 is 0 Å². The summed E-state index contributed by atoms with van der Waals surface area (Å²) in [7, 11) is 0. The maximum absolute atomic E-state index is 13.8. The molecule has 0 radical (unpaired) electrons. The van der Waals surface area contributed by atoms with E-state index in [9.17, 15) is 19.5 Å². The Balaban J connectivity index is 1.20. The number of hydrogen-bond acceptors (Lipinski definition) is 6. The summed E-state index contributed by atoms with van der Waals surface area (Å²) in [5.41, 5.74) is 0.461. The number of nitrogens with zero attached hydrogens (tertiary/aromatic N) is 2. The second kappa shape index (κ2) is 13.3. The summed E-state index contributed by atoms with van der Waals surface area (Å²) in [5.74, 6) is 0.0741. The van der Waals surface area contributed by atoms with E-state index < -0.39 is 23.7 Å². The van der Waals surface area contributed by atoms with E-state index in [1.54, 1.807) is 12.1 Å². The molecule has 0 bridgehead atoms. The van der Waals surface area contributed by atoms with Crippen molar-refractivity contribution in [3.63, 3.8) is 0 Å². The maximum Gasteiger partial charge on any atom is 0.335 e. The molecule has 42 heavy (non-hydrogen) atoms. The molecule has 3 fully saturated rings. The van der Waals surface area contributed by atoms with Crippen LogP contribution in [0.15, 0.2) is 48.5 Å². The summed E-state index contributed by atoms with van der Waals surface area (Å²) >= 11 is 0. The van der Waals surface area contributed by atoms with E-state index in [-0.39, 0.29) is 23.3 Å². The highest BCUT2D eigenvalue weighted by atomic mass is 16.5. The van der Waals surface area contributed by atoms with Gasteiger partial charge in [-0.25, -0.2) is 4.79 Å². The van der Waals surface area contributed by atoms with E-state index in [1.807, 2.05) is 29.2 Å². The third-order valence-corrected chi connectivity index (χ3v) is 9.32. The molecule has 3 N–H and O–H groups in total. The summed E-state index contributed by atoms with van der Waals surface area (Å²) in [6, 6.07) is 13.2. The Morgan fingerprint density at radius 3 is 2.21 bits per heavy atom. The van der Waals surface area contributed by atoms with Gasteiger partial charge >= 0.3 is 5.97 Å². The summed E-state index contributed by atoms with van der Waals surface area (Å²) in [6.07, 6.45) is 7.15. The molecule has 0 aromatic heterocycles. The van der Waals surface area contributed by atoms with E-state index in [2.05, 4.69) is 17.1 Å². The lowest BCUT2D eigenvalue weighted by molar-refractivity contribution is -0.166. The Kier molecular flexibility index (Phi) is 9.48. The lowest BCUT2D eigenvalue weighted by Gasteiger charge is -2.52. The molecule has 2 aromatic carbocycles. The van der Waals surface area contributed by atoms with Gasteiger partial charge in [-0.1, -0.05) is 44.7 Å². The van der Waals surface area contributed by atoms with Crippen molar-refractivity contribution < 1.29 is 29.3 Å². The molecule has 1 saturated carbocycles. The first-order valence-electron chi connectivity index (χ1n) is 15.4. The molecule has 2 atom stereocenters. The zero-order chi connectivity index (χ0) is 29.7. The number of carboxylic acids is 1. The number of rotatable bonds is 10. The van der Waals surface area contributed by atoms with E-state index in [0.29, 0.717) is 44.0 Å². The molecule has 2 aliphatic heterocycles. The van der Waals surface area contributed by atoms with Gasteiger partial charge in [-0.05, 0) is 80.0 Å². The zero-order valence-corrected chi connectivity index (χ0v) is 24.5. The Hall–Kier alpha value is -3.43. The summed E-state index contributed by atoms with van der Waals surface area (Å²) in [4.78, 5) is 42.7. The van der Waals surface area contributed by atoms with Crippen LogP contribution >= 0.6 is 0 Å². The van der Waals surface area contributed by atoms with Gasteiger partial charge in [-0.15, -0.1) is 0 Å². The fraction of sp³-hybridized carbons (Fsp3) is 0.545. The first-order valence-corrected chi connectivity index (χ1v) is 15.4. The molecule has 5 rings (SSSR count). The Morgan fingerprint density at radius 2 is 1.62 bits per heavy atom. The fourth-order valence-electron chi connectivity index (χ4n) is 6.76. The second-order valence-electron chi connectivity index (χ2n) is 12.1. The standard InChI is InChI=1S/C33H43N3O6/c1-2-3-19-36-30(38)28(29(37)24-7-5-4-6-8-24)34-32(41)33(36)17-20-35(21-18-33)22-23-9-13-26(14-10-23)42-27-15-11-25(12-16-27)31(39)40/h9-16,24,28-29,37H,2-8,17-22H2,1H3,(H,34,41)(H,39,40)/t28-,29?/m1/s1. The minimum Gasteiger partial charge on any atom is -0.478 e. The van der Waals surface area contributed by atoms with Crippen molar-refractivity contribution in [1.82, 2.24) is 15.1 Å². The van der Waals surface area contributed by atoms with Crippen LogP contribution in [0.2, 0.25) is 0 Å². The number of aliphatic hydroxyl groups excluding tert-OH is 1. The Labute approximate surface area is 247 Å². The molecule has 1 unspecified atom stereocenters. The SMILES string of the molecule is CCCCN1C(=O)[C@@H](C(O)C2CCCCC2)NC(=O)C12CCN(Cc1ccc(Oc3ccc(C(=O)O)cc3)cc1)CC2. The fourth-order valence-corrected chi connectivity index (χ4v) is 6.76. The first kappa shape index (κ1) is 30.0. The van der Waals surface area contributed by atoms with Crippen molar-refractivity contribution in [2.24, 2.45) is 5.92 Å². The summed E-state index contributed by atoms with van der Waals surface area (Å²) < 4.78 is 5.86. The van der Waals surface area contributed by atoms with Crippen LogP contribution in [0.1, 0.15) is 80.6 Å². The quantitative estimate of drug-likeness (QED) is 0.378. The predicted molar refractivity (Wildman–Crippen MR) is 158 cm³/mol. The van der Waals surface area contributed by atoms with Gasteiger partial charge in [0.25, 0.3) is 0 Å². The summed E-state index contributed by atoms with van der Waals surface area (Å²) in [5, 5.41) is 23.2. The minimum atomic E-state index is -0.975. The number of piperazine rings is 1. The van der Waals surface area contributed by atoms with E-state index in [1.165, 1.54) is 18.6 Å². The number of carbonyl (C=O) groups excluding carboxylic acids is 2. The van der Waals surface area contributed by atoms with Gasteiger partial charge in [-0.2, -0.15) is 0 Å². The molecule has 2 heterocycles. The number of ether oxygens (including phenoxy) is 1. The third kappa shape index (κ3) is 6.47. The van der Waals surface area contributed by atoms with Crippen LogP contribution in [-0.2, 0) is 16.1 Å². The van der Waals surface area contributed by atoms with E-state index in [0.717, 1.165) is 50.6 Å². The van der Waals surface area contributed by atoms with Crippen LogP contribution in [0, 0.1) is 5.92 Å². The minimum absolute atomic E-state index is 0.0613. The maximum atomic E-state index is 13.8. The molecule has 9 nitrogen and oxygen atoms in total. The highest BCUT2D eigenvalue weighted by molar-refractivity contribution is 6.00. The lowest BCUT2D eigenvalue weighted by atomic mass is 9.78. The molecule has 2 amide bonds. The number of amides is 2. The molecule has 3 aliphatic rings. The Bertz CT molecular complexity index is 1230. The number of aliphatic hydroxyl groups is 1. The molecular weight excluding hydrogens is 534 g/mol. The Morgan fingerprint density at radius 1 is 1.00 bits per heavy atom. The van der Waals surface area contributed by atoms with Crippen molar-refractivity contribution in [3.8, 4) is 11.5 Å². The van der Waals surface area contributed by atoms with Crippen molar-refractivity contribution in [2.75, 3.05) is 19.6 Å². The number of carbonyl (C=O) groups is 3. The topological polar surface area (TPSA) is 119 Å². The number of hydrogen-bond donors (Lipinski definition) is 3. The average Bonchev–Trinajstić information content (AvgIpc) is 3.01. The number of unbranched alkanes of at least 4 members (excludes halogenated alkanes) is 1. The summed E-state index contributed by atoms with van der Waals surface area (Å²) in [6.45, 7) is 4.72. The van der Waals surface area contributed by atoms with Crippen LogP contribution in [0.3, 0.4) is 0 Å².